The van der Waals surface area contributed by atoms with E-state index in [0.717, 1.165) is 0 Å². The fourth-order valence-electron chi connectivity index (χ4n) is 1.98. The standard InChI is InChI=1S/C13H5Cl2F6N3S/c14-6-1-5(13(19,20)21)2-7(15)9(6)24-10(12(17)18)11(25-4-16)8(3-22)23-24/h1-2,12H,4H2. The molecule has 0 saturated carbocycles. The number of aromatic nitrogens is 2. The zero-order valence-corrected chi connectivity index (χ0v) is 14.0. The quantitative estimate of drug-likeness (QED) is 0.448. The van der Waals surface area contributed by atoms with Crippen molar-refractivity contribution >= 4 is 35.0 Å². The largest absolute Gasteiger partial charge is 0.416 e. The van der Waals surface area contributed by atoms with Gasteiger partial charge in [0.25, 0.3) is 6.43 Å². The summed E-state index contributed by atoms with van der Waals surface area (Å²) < 4.78 is 78.2. The van der Waals surface area contributed by atoms with E-state index in [1.54, 1.807) is 0 Å². The molecule has 2 rings (SSSR count). The van der Waals surface area contributed by atoms with E-state index in [1.165, 1.54) is 6.07 Å². The van der Waals surface area contributed by atoms with Crippen LogP contribution in [0.3, 0.4) is 0 Å². The zero-order chi connectivity index (χ0) is 18.9. The van der Waals surface area contributed by atoms with Crippen molar-refractivity contribution in [2.45, 2.75) is 17.5 Å². The molecule has 0 unspecified atom stereocenters. The molecule has 1 heterocycles. The van der Waals surface area contributed by atoms with Crippen molar-refractivity contribution in [3.8, 4) is 11.8 Å². The van der Waals surface area contributed by atoms with Gasteiger partial charge in [0.2, 0.25) is 0 Å². The second kappa shape index (κ2) is 7.35. The highest BCUT2D eigenvalue weighted by molar-refractivity contribution is 7.99. The van der Waals surface area contributed by atoms with Crippen LogP contribution in [0.4, 0.5) is 26.3 Å². The molecular weight excluding hydrogens is 415 g/mol. The van der Waals surface area contributed by atoms with Gasteiger partial charge in [0.15, 0.2) is 5.69 Å². The highest BCUT2D eigenvalue weighted by Crippen LogP contribution is 2.41. The van der Waals surface area contributed by atoms with Crippen LogP contribution in [0.1, 0.15) is 23.4 Å². The van der Waals surface area contributed by atoms with Gasteiger partial charge in [-0.15, -0.1) is 0 Å². The van der Waals surface area contributed by atoms with Gasteiger partial charge in [0.1, 0.15) is 23.5 Å². The summed E-state index contributed by atoms with van der Waals surface area (Å²) in [5, 5.41) is 11.4. The third-order valence-electron chi connectivity index (χ3n) is 2.94. The Labute approximate surface area is 151 Å². The first-order chi connectivity index (χ1) is 11.6. The van der Waals surface area contributed by atoms with Gasteiger partial charge in [-0.1, -0.05) is 35.0 Å². The molecule has 12 heteroatoms. The van der Waals surface area contributed by atoms with E-state index in [4.69, 9.17) is 28.5 Å². The Balaban J connectivity index is 2.77. The van der Waals surface area contributed by atoms with E-state index in [-0.39, 0.29) is 0 Å². The van der Waals surface area contributed by atoms with Gasteiger partial charge in [-0.25, -0.2) is 17.9 Å². The number of benzene rings is 1. The predicted octanol–water partition coefficient (Wildman–Crippen LogP) is 6.03. The minimum atomic E-state index is -4.76. The second-order valence-corrected chi connectivity index (χ2v) is 6.16. The maximum atomic E-state index is 13.4. The Kier molecular flexibility index (Phi) is 5.81. The predicted molar refractivity (Wildman–Crippen MR) is 80.1 cm³/mol. The summed E-state index contributed by atoms with van der Waals surface area (Å²) in [4.78, 5) is -0.438. The molecule has 1 aromatic carbocycles. The molecule has 1 aromatic heterocycles. The highest BCUT2D eigenvalue weighted by atomic mass is 35.5. The summed E-state index contributed by atoms with van der Waals surface area (Å²) >= 11 is 11.9. The first-order valence-electron chi connectivity index (χ1n) is 6.18. The number of rotatable bonds is 4. The molecular formula is C13H5Cl2F6N3S. The lowest BCUT2D eigenvalue weighted by atomic mass is 10.2. The van der Waals surface area contributed by atoms with Gasteiger partial charge in [-0.2, -0.15) is 23.5 Å². The Morgan fingerprint density at radius 1 is 1.24 bits per heavy atom. The Bertz CT molecular complexity index is 821. The third kappa shape index (κ3) is 3.83. The summed E-state index contributed by atoms with van der Waals surface area (Å²) in [6, 6.07) is 1.39. The van der Waals surface area contributed by atoms with Crippen LogP contribution in [0.15, 0.2) is 17.0 Å². The lowest BCUT2D eigenvalue weighted by molar-refractivity contribution is -0.137. The molecule has 0 bridgehead atoms. The van der Waals surface area contributed by atoms with E-state index in [2.05, 4.69) is 5.10 Å². The Morgan fingerprint density at radius 2 is 1.80 bits per heavy atom. The number of nitriles is 1. The van der Waals surface area contributed by atoms with E-state index in [1.807, 2.05) is 0 Å². The minimum Gasteiger partial charge on any atom is -0.239 e. The Hall–Kier alpha value is -1.57. The number of thioether (sulfide) groups is 1. The van der Waals surface area contributed by atoms with Crippen LogP contribution in [0.25, 0.3) is 5.69 Å². The van der Waals surface area contributed by atoms with E-state index in [9.17, 15) is 26.3 Å². The van der Waals surface area contributed by atoms with Crippen molar-refractivity contribution in [1.82, 2.24) is 9.78 Å². The number of hydrogen-bond donors (Lipinski definition) is 0. The topological polar surface area (TPSA) is 41.6 Å². The fraction of sp³-hybridized carbons (Fsp3) is 0.231. The van der Waals surface area contributed by atoms with Crippen molar-refractivity contribution in [2.24, 2.45) is 0 Å². The van der Waals surface area contributed by atoms with E-state index in [0.29, 0.717) is 28.6 Å². The molecule has 0 saturated heterocycles. The van der Waals surface area contributed by atoms with Crippen LogP contribution in [0, 0.1) is 11.3 Å². The highest BCUT2D eigenvalue weighted by Gasteiger charge is 2.34. The molecule has 0 aliphatic rings. The fourth-order valence-corrected chi connectivity index (χ4v) is 3.28. The monoisotopic (exact) mass is 419 g/mol. The molecule has 0 aliphatic carbocycles. The van der Waals surface area contributed by atoms with Gasteiger partial charge >= 0.3 is 6.18 Å². The summed E-state index contributed by atoms with van der Waals surface area (Å²) in [7, 11) is 0. The van der Waals surface area contributed by atoms with Gasteiger partial charge in [0, 0.05) is 0 Å². The van der Waals surface area contributed by atoms with Crippen LogP contribution in [-0.4, -0.2) is 15.8 Å². The third-order valence-corrected chi connectivity index (χ3v) is 4.32. The smallest absolute Gasteiger partial charge is 0.239 e. The summed E-state index contributed by atoms with van der Waals surface area (Å²) in [6.45, 7) is 0. The van der Waals surface area contributed by atoms with Gasteiger partial charge < -0.3 is 0 Å². The van der Waals surface area contributed by atoms with Crippen LogP contribution < -0.4 is 0 Å². The molecule has 3 nitrogen and oxygen atoms in total. The second-order valence-electron chi connectivity index (χ2n) is 4.43. The summed E-state index contributed by atoms with van der Waals surface area (Å²) in [5.41, 5.74) is -3.06. The average molecular weight is 420 g/mol. The molecule has 0 atom stereocenters. The molecule has 0 amide bonds. The van der Waals surface area contributed by atoms with Crippen molar-refractivity contribution in [1.29, 1.82) is 5.26 Å². The van der Waals surface area contributed by atoms with Crippen molar-refractivity contribution in [2.75, 3.05) is 6.01 Å². The maximum Gasteiger partial charge on any atom is 0.416 e. The minimum absolute atomic E-state index is 0.297. The number of nitrogens with zero attached hydrogens (tertiary/aromatic N) is 3. The Morgan fingerprint density at radius 3 is 2.20 bits per heavy atom. The molecule has 25 heavy (non-hydrogen) atoms. The van der Waals surface area contributed by atoms with Crippen molar-refractivity contribution < 1.29 is 26.3 Å². The van der Waals surface area contributed by atoms with Gasteiger partial charge in [-0.3, -0.25) is 0 Å². The molecule has 2 aromatic rings. The molecule has 134 valence electrons. The van der Waals surface area contributed by atoms with E-state index < -0.39 is 56.2 Å². The maximum absolute atomic E-state index is 13.4. The van der Waals surface area contributed by atoms with Crippen LogP contribution in [-0.2, 0) is 6.18 Å². The molecule has 0 N–H and O–H groups in total. The van der Waals surface area contributed by atoms with Gasteiger partial charge in [-0.05, 0) is 12.1 Å². The van der Waals surface area contributed by atoms with E-state index >= 15 is 0 Å². The first kappa shape index (κ1) is 19.8. The summed E-state index contributed by atoms with van der Waals surface area (Å²) in [6.07, 6.45) is -7.97. The average Bonchev–Trinajstić information content (AvgIpc) is 2.84. The van der Waals surface area contributed by atoms with Crippen LogP contribution in [0.5, 0.6) is 0 Å². The normalized spacial score (nSPS) is 11.8. The first-order valence-corrected chi connectivity index (χ1v) is 7.92. The van der Waals surface area contributed by atoms with Crippen LogP contribution >= 0.6 is 35.0 Å². The van der Waals surface area contributed by atoms with Crippen LogP contribution in [0.2, 0.25) is 10.0 Å². The van der Waals surface area contributed by atoms with Gasteiger partial charge in [0.05, 0.1) is 20.5 Å². The molecule has 0 fully saturated rings. The summed E-state index contributed by atoms with van der Waals surface area (Å²) in [5.74, 6) is 0. The molecule has 0 aliphatic heterocycles. The number of halogens is 8. The number of alkyl halides is 6. The lowest BCUT2D eigenvalue weighted by Gasteiger charge is -2.14. The number of hydrogen-bond acceptors (Lipinski definition) is 3. The van der Waals surface area contributed by atoms with Crippen molar-refractivity contribution in [3.63, 3.8) is 0 Å². The lowest BCUT2D eigenvalue weighted by Crippen LogP contribution is -2.09. The van der Waals surface area contributed by atoms with Crippen molar-refractivity contribution in [3.05, 3.63) is 39.1 Å². The molecule has 0 spiro atoms. The molecule has 0 radical (unpaired) electrons. The SMILES string of the molecule is N#Cc1nn(-c2c(Cl)cc(C(F)(F)F)cc2Cl)c(C(F)F)c1SCF. The zero-order valence-electron chi connectivity index (χ0n) is 11.7.